The number of carbonyl (C=O) groups excluding carboxylic acids is 1. The Hall–Kier alpha value is -3.03. The van der Waals surface area contributed by atoms with E-state index in [9.17, 15) is 4.79 Å². The van der Waals surface area contributed by atoms with E-state index >= 15 is 0 Å². The number of imidazole rings is 1. The number of amides is 1. The molecule has 0 radical (unpaired) electrons. The van der Waals surface area contributed by atoms with Gasteiger partial charge in [-0.1, -0.05) is 32.9 Å². The summed E-state index contributed by atoms with van der Waals surface area (Å²) in [6.45, 7) is 8.65. The molecule has 3 aromatic rings. The fourth-order valence-corrected chi connectivity index (χ4v) is 2.29. The first-order valence-corrected chi connectivity index (χ1v) is 8.52. The van der Waals surface area contributed by atoms with Gasteiger partial charge in [0.2, 0.25) is 0 Å². The van der Waals surface area contributed by atoms with Gasteiger partial charge in [-0.3, -0.25) is 9.36 Å². The molecule has 26 heavy (non-hydrogen) atoms. The van der Waals surface area contributed by atoms with Gasteiger partial charge in [-0.2, -0.15) is 4.98 Å². The van der Waals surface area contributed by atoms with E-state index in [1.807, 2.05) is 33.8 Å². The number of rotatable bonds is 5. The minimum atomic E-state index is -0.219. The van der Waals surface area contributed by atoms with Gasteiger partial charge in [0, 0.05) is 24.4 Å². The first-order chi connectivity index (χ1) is 12.4. The average Bonchev–Trinajstić information content (AvgIpc) is 3.28. The molecule has 0 aliphatic rings. The molecular formula is C18H22N6O2. The maximum Gasteiger partial charge on any atom is 0.271 e. The highest BCUT2D eigenvalue weighted by Gasteiger charge is 2.23. The Morgan fingerprint density at radius 3 is 2.81 bits per heavy atom. The molecule has 3 aromatic heterocycles. The predicted octanol–water partition coefficient (Wildman–Crippen LogP) is 2.75. The zero-order valence-corrected chi connectivity index (χ0v) is 15.4. The van der Waals surface area contributed by atoms with Gasteiger partial charge in [0.05, 0.1) is 5.56 Å². The quantitative estimate of drug-likeness (QED) is 0.756. The summed E-state index contributed by atoms with van der Waals surface area (Å²) in [7, 11) is 0. The van der Waals surface area contributed by atoms with Crippen LogP contribution in [0.1, 0.15) is 50.4 Å². The van der Waals surface area contributed by atoms with Gasteiger partial charge >= 0.3 is 0 Å². The molecule has 3 heterocycles. The van der Waals surface area contributed by atoms with Gasteiger partial charge in [-0.25, -0.2) is 9.97 Å². The summed E-state index contributed by atoms with van der Waals surface area (Å²) in [4.78, 5) is 25.1. The summed E-state index contributed by atoms with van der Waals surface area (Å²) in [5.41, 5.74) is 0.785. The second-order valence-electron chi connectivity index (χ2n) is 6.97. The van der Waals surface area contributed by atoms with Gasteiger partial charge < -0.3 is 9.84 Å². The van der Waals surface area contributed by atoms with Crippen LogP contribution in [0.5, 0.6) is 0 Å². The first kappa shape index (κ1) is 17.8. The Morgan fingerprint density at radius 2 is 2.12 bits per heavy atom. The topological polar surface area (TPSA) is 98.7 Å². The SMILES string of the molecule is CCCNC(=O)c1cn(-c2ncccc2-c2nc(C(C)(C)C)no2)cn1. The fraction of sp³-hybridized carbons (Fsp3) is 0.389. The number of hydrogen-bond acceptors (Lipinski definition) is 6. The minimum absolute atomic E-state index is 0.212. The number of carbonyl (C=O) groups is 1. The van der Waals surface area contributed by atoms with Crippen molar-refractivity contribution in [2.75, 3.05) is 6.54 Å². The van der Waals surface area contributed by atoms with Crippen molar-refractivity contribution < 1.29 is 9.32 Å². The third-order valence-corrected chi connectivity index (χ3v) is 3.71. The van der Waals surface area contributed by atoms with Crippen LogP contribution in [0.15, 0.2) is 35.4 Å². The Kier molecular flexibility index (Phi) is 4.83. The van der Waals surface area contributed by atoms with Crippen LogP contribution in [0, 0.1) is 0 Å². The van der Waals surface area contributed by atoms with Crippen molar-refractivity contribution in [1.29, 1.82) is 0 Å². The van der Waals surface area contributed by atoms with Crippen LogP contribution in [0.2, 0.25) is 0 Å². The number of aromatic nitrogens is 5. The van der Waals surface area contributed by atoms with Crippen molar-refractivity contribution in [3.63, 3.8) is 0 Å². The smallest absolute Gasteiger partial charge is 0.271 e. The normalized spacial score (nSPS) is 11.5. The summed E-state index contributed by atoms with van der Waals surface area (Å²) in [6, 6.07) is 3.64. The fourth-order valence-electron chi connectivity index (χ4n) is 2.29. The second-order valence-corrected chi connectivity index (χ2v) is 6.97. The van der Waals surface area contributed by atoms with Gasteiger partial charge in [-0.05, 0) is 18.6 Å². The number of nitrogens with one attached hydrogen (secondary N) is 1. The summed E-state index contributed by atoms with van der Waals surface area (Å²) in [5, 5.41) is 6.87. The standard InChI is InChI=1S/C18H22N6O2/c1-5-8-20-15(25)13-10-24(11-21-13)14-12(7-6-9-19-14)16-22-17(23-26-16)18(2,3)4/h6-7,9-11H,5,8H2,1-4H3,(H,20,25). The van der Waals surface area contributed by atoms with Gasteiger partial charge in [0.15, 0.2) is 11.6 Å². The van der Waals surface area contributed by atoms with Crippen LogP contribution in [0.25, 0.3) is 17.3 Å². The van der Waals surface area contributed by atoms with Crippen LogP contribution >= 0.6 is 0 Å². The molecule has 8 nitrogen and oxygen atoms in total. The Labute approximate surface area is 151 Å². The van der Waals surface area contributed by atoms with Crippen molar-refractivity contribution in [1.82, 2.24) is 30.0 Å². The Balaban J connectivity index is 1.94. The molecule has 136 valence electrons. The number of hydrogen-bond donors (Lipinski definition) is 1. The molecule has 0 aromatic carbocycles. The largest absolute Gasteiger partial charge is 0.351 e. The predicted molar refractivity (Wildman–Crippen MR) is 96.0 cm³/mol. The van der Waals surface area contributed by atoms with Gasteiger partial charge in [0.25, 0.3) is 11.8 Å². The highest BCUT2D eigenvalue weighted by molar-refractivity contribution is 5.92. The molecule has 0 aliphatic heterocycles. The van der Waals surface area contributed by atoms with E-state index < -0.39 is 0 Å². The minimum Gasteiger partial charge on any atom is -0.351 e. The molecule has 0 bridgehead atoms. The molecule has 0 fully saturated rings. The molecule has 0 saturated heterocycles. The number of nitrogens with zero attached hydrogens (tertiary/aromatic N) is 5. The van der Waals surface area contributed by atoms with Gasteiger partial charge in [0.1, 0.15) is 12.0 Å². The summed E-state index contributed by atoms with van der Waals surface area (Å²) in [5.74, 6) is 1.35. The molecular weight excluding hydrogens is 332 g/mol. The van der Waals surface area contributed by atoms with Crippen LogP contribution in [0.4, 0.5) is 0 Å². The van der Waals surface area contributed by atoms with Crippen LogP contribution in [-0.2, 0) is 5.41 Å². The third-order valence-electron chi connectivity index (χ3n) is 3.71. The lowest BCUT2D eigenvalue weighted by molar-refractivity contribution is 0.0949. The lowest BCUT2D eigenvalue weighted by atomic mass is 9.96. The van der Waals surface area contributed by atoms with E-state index in [1.54, 1.807) is 29.4 Å². The molecule has 0 aliphatic carbocycles. The highest BCUT2D eigenvalue weighted by atomic mass is 16.5. The molecule has 0 saturated carbocycles. The van der Waals surface area contributed by atoms with Crippen molar-refractivity contribution >= 4 is 5.91 Å². The maximum absolute atomic E-state index is 12.1. The summed E-state index contributed by atoms with van der Waals surface area (Å²) < 4.78 is 7.11. The third kappa shape index (κ3) is 3.63. The lowest BCUT2D eigenvalue weighted by Crippen LogP contribution is -2.24. The molecule has 1 amide bonds. The highest BCUT2D eigenvalue weighted by Crippen LogP contribution is 2.26. The lowest BCUT2D eigenvalue weighted by Gasteiger charge is -2.11. The van der Waals surface area contributed by atoms with E-state index in [0.717, 1.165) is 6.42 Å². The van der Waals surface area contributed by atoms with Crippen molar-refractivity contribution in [2.45, 2.75) is 39.5 Å². The van der Waals surface area contributed by atoms with Crippen LogP contribution < -0.4 is 5.32 Å². The first-order valence-electron chi connectivity index (χ1n) is 8.52. The maximum atomic E-state index is 12.1. The molecule has 0 unspecified atom stereocenters. The van der Waals surface area contributed by atoms with E-state index in [1.165, 1.54) is 0 Å². The molecule has 3 rings (SSSR count). The average molecular weight is 354 g/mol. The van der Waals surface area contributed by atoms with E-state index in [4.69, 9.17) is 4.52 Å². The second kappa shape index (κ2) is 7.07. The zero-order chi connectivity index (χ0) is 18.7. The van der Waals surface area contributed by atoms with Crippen molar-refractivity contribution in [3.05, 3.63) is 42.4 Å². The monoisotopic (exact) mass is 354 g/mol. The van der Waals surface area contributed by atoms with E-state index in [0.29, 0.717) is 35.3 Å². The molecule has 0 atom stereocenters. The zero-order valence-electron chi connectivity index (χ0n) is 15.4. The van der Waals surface area contributed by atoms with Crippen LogP contribution in [0.3, 0.4) is 0 Å². The summed E-state index contributed by atoms with van der Waals surface area (Å²) >= 11 is 0. The molecule has 8 heteroatoms. The van der Waals surface area contributed by atoms with Crippen molar-refractivity contribution in [3.8, 4) is 17.3 Å². The Bertz CT molecular complexity index is 906. The molecule has 0 spiro atoms. The van der Waals surface area contributed by atoms with Gasteiger partial charge in [-0.15, -0.1) is 0 Å². The van der Waals surface area contributed by atoms with Crippen LogP contribution in [-0.4, -0.2) is 37.1 Å². The van der Waals surface area contributed by atoms with E-state index in [2.05, 4.69) is 25.4 Å². The number of pyridine rings is 1. The summed E-state index contributed by atoms with van der Waals surface area (Å²) in [6.07, 6.45) is 5.71. The molecule has 1 N–H and O–H groups in total. The van der Waals surface area contributed by atoms with Crippen molar-refractivity contribution in [2.24, 2.45) is 0 Å². The van der Waals surface area contributed by atoms with E-state index in [-0.39, 0.29) is 11.3 Å². The Morgan fingerprint density at radius 1 is 1.31 bits per heavy atom.